The number of halogens is 1. The second kappa shape index (κ2) is 4.21. The van der Waals surface area contributed by atoms with Crippen LogP contribution in [0.3, 0.4) is 0 Å². The van der Waals surface area contributed by atoms with Crippen LogP contribution in [0.15, 0.2) is 0 Å². The van der Waals surface area contributed by atoms with Gasteiger partial charge in [0, 0.05) is 0 Å². The monoisotopic (exact) mass is 235 g/mol. The van der Waals surface area contributed by atoms with Crippen molar-refractivity contribution >= 4 is 12.4 Å². The molecule has 4 bridgehead atoms. The molecule has 0 radical (unpaired) electrons. The van der Waals surface area contributed by atoms with E-state index in [1.165, 1.54) is 32.1 Å². The molecular formula is C11H22ClNO2. The van der Waals surface area contributed by atoms with Gasteiger partial charge < -0.3 is 16.3 Å². The summed E-state index contributed by atoms with van der Waals surface area (Å²) < 4.78 is 0. The van der Waals surface area contributed by atoms with Gasteiger partial charge in [0.05, 0.1) is 6.10 Å². The number of hydrogen-bond donors (Lipinski definition) is 2. The van der Waals surface area contributed by atoms with Crippen LogP contribution in [0.25, 0.3) is 0 Å². The van der Waals surface area contributed by atoms with Crippen molar-refractivity contribution in [2.45, 2.75) is 38.2 Å². The van der Waals surface area contributed by atoms with E-state index in [0.29, 0.717) is 17.3 Å². The summed E-state index contributed by atoms with van der Waals surface area (Å²) >= 11 is 0. The molecule has 4 heteroatoms. The van der Waals surface area contributed by atoms with Gasteiger partial charge in [-0.1, -0.05) is 0 Å². The molecule has 3 nitrogen and oxygen atoms in total. The average Bonchev–Trinajstić information content (AvgIpc) is 2.13. The van der Waals surface area contributed by atoms with Gasteiger partial charge in [-0.05, 0) is 61.8 Å². The van der Waals surface area contributed by atoms with E-state index < -0.39 is 0 Å². The summed E-state index contributed by atoms with van der Waals surface area (Å²) in [5.74, 6) is 2.08. The van der Waals surface area contributed by atoms with Crippen molar-refractivity contribution < 1.29 is 10.6 Å². The third-order valence-corrected chi connectivity index (χ3v) is 4.78. The molecule has 0 amide bonds. The highest BCUT2D eigenvalue weighted by Crippen LogP contribution is 2.59. The van der Waals surface area contributed by atoms with E-state index >= 15 is 0 Å². The van der Waals surface area contributed by atoms with Crippen LogP contribution >= 0.6 is 12.4 Å². The predicted octanol–water partition coefficient (Wildman–Crippen LogP) is 0.729. The summed E-state index contributed by atoms with van der Waals surface area (Å²) in [5, 5.41) is 10.00. The molecule has 5 N–H and O–H groups in total. The van der Waals surface area contributed by atoms with Crippen LogP contribution in [0, 0.1) is 23.2 Å². The zero-order chi connectivity index (χ0) is 9.05. The summed E-state index contributed by atoms with van der Waals surface area (Å²) in [6.07, 6.45) is 6.33. The van der Waals surface area contributed by atoms with Gasteiger partial charge in [-0.2, -0.15) is 0 Å². The van der Waals surface area contributed by atoms with Crippen LogP contribution in [0.2, 0.25) is 0 Å². The van der Waals surface area contributed by atoms with Crippen LogP contribution in [0.1, 0.15) is 32.1 Å². The zero-order valence-corrected chi connectivity index (χ0v) is 9.80. The highest BCUT2D eigenvalue weighted by atomic mass is 35.5. The Morgan fingerprint density at radius 1 is 1.13 bits per heavy atom. The summed E-state index contributed by atoms with van der Waals surface area (Å²) in [7, 11) is 0. The Morgan fingerprint density at radius 3 is 2.13 bits per heavy atom. The molecule has 90 valence electrons. The van der Waals surface area contributed by atoms with Crippen molar-refractivity contribution in [1.82, 2.24) is 0 Å². The van der Waals surface area contributed by atoms with E-state index in [0.717, 1.165) is 12.5 Å². The number of aliphatic hydroxyl groups is 1. The molecule has 15 heavy (non-hydrogen) atoms. The highest BCUT2D eigenvalue weighted by molar-refractivity contribution is 5.85. The molecular weight excluding hydrogens is 214 g/mol. The molecule has 4 fully saturated rings. The van der Waals surface area contributed by atoms with Gasteiger partial charge in [-0.3, -0.25) is 0 Å². The molecule has 4 aliphatic carbocycles. The smallest absolute Gasteiger partial charge is 0.0597 e. The topological polar surface area (TPSA) is 77.8 Å². The van der Waals surface area contributed by atoms with E-state index in [1.54, 1.807) is 0 Å². The van der Waals surface area contributed by atoms with E-state index in [-0.39, 0.29) is 24.0 Å². The number of aliphatic hydroxyl groups excluding tert-OH is 1. The van der Waals surface area contributed by atoms with Gasteiger partial charge in [0.25, 0.3) is 0 Å². The molecule has 4 saturated carbocycles. The number of hydrogen-bond acceptors (Lipinski definition) is 2. The first kappa shape index (κ1) is 13.2. The van der Waals surface area contributed by atoms with Crippen molar-refractivity contribution in [3.63, 3.8) is 0 Å². The summed E-state index contributed by atoms with van der Waals surface area (Å²) in [4.78, 5) is 0. The van der Waals surface area contributed by atoms with Gasteiger partial charge in [0.2, 0.25) is 0 Å². The van der Waals surface area contributed by atoms with Crippen molar-refractivity contribution in [3.8, 4) is 0 Å². The van der Waals surface area contributed by atoms with Crippen molar-refractivity contribution in [2.75, 3.05) is 6.54 Å². The standard InChI is InChI=1S/C11H19NO.ClH.H2O/c12-6-11-3-7-1-8(4-11)10(13)9(2-7)5-11;;/h7-10,13H,1-6,12H2;1H;1H2. The third-order valence-electron chi connectivity index (χ3n) is 4.78. The molecule has 0 heterocycles. The molecule has 2 unspecified atom stereocenters. The molecule has 0 aromatic carbocycles. The Balaban J connectivity index is 0.000000562. The van der Waals surface area contributed by atoms with Crippen LogP contribution in [0.4, 0.5) is 0 Å². The van der Waals surface area contributed by atoms with Crippen molar-refractivity contribution in [1.29, 1.82) is 0 Å². The largest absolute Gasteiger partial charge is 0.412 e. The fourth-order valence-electron chi connectivity index (χ4n) is 4.42. The molecule has 4 aliphatic rings. The third kappa shape index (κ3) is 1.80. The summed E-state index contributed by atoms with van der Waals surface area (Å²) in [6.45, 7) is 0.850. The fraction of sp³-hybridized carbons (Fsp3) is 1.00. The minimum Gasteiger partial charge on any atom is -0.412 e. The number of nitrogens with two attached hydrogens (primary N) is 1. The van der Waals surface area contributed by atoms with Crippen LogP contribution < -0.4 is 5.73 Å². The lowest BCUT2D eigenvalue weighted by Crippen LogP contribution is -2.55. The lowest BCUT2D eigenvalue weighted by atomic mass is 9.48. The van der Waals surface area contributed by atoms with Crippen LogP contribution in [-0.4, -0.2) is 23.2 Å². The summed E-state index contributed by atoms with van der Waals surface area (Å²) in [6, 6.07) is 0. The maximum Gasteiger partial charge on any atom is 0.0597 e. The Kier molecular flexibility index (Phi) is 3.71. The maximum absolute atomic E-state index is 10.00. The zero-order valence-electron chi connectivity index (χ0n) is 8.98. The quantitative estimate of drug-likeness (QED) is 0.703. The number of rotatable bonds is 1. The first-order valence-corrected chi connectivity index (χ1v) is 5.61. The Bertz CT molecular complexity index is 221. The van der Waals surface area contributed by atoms with Crippen molar-refractivity contribution in [2.24, 2.45) is 28.9 Å². The van der Waals surface area contributed by atoms with Gasteiger partial charge >= 0.3 is 0 Å². The SMILES string of the molecule is Cl.NCC12CC3CC(C1)C(O)C(C3)C2.O. The molecule has 0 aromatic rings. The van der Waals surface area contributed by atoms with Crippen LogP contribution in [-0.2, 0) is 0 Å². The fourth-order valence-corrected chi connectivity index (χ4v) is 4.42. The molecule has 0 spiro atoms. The van der Waals surface area contributed by atoms with E-state index in [4.69, 9.17) is 5.73 Å². The molecule has 2 atom stereocenters. The van der Waals surface area contributed by atoms with Crippen LogP contribution in [0.5, 0.6) is 0 Å². The van der Waals surface area contributed by atoms with E-state index in [1.807, 2.05) is 0 Å². The predicted molar refractivity (Wildman–Crippen MR) is 61.9 cm³/mol. The van der Waals surface area contributed by atoms with Gasteiger partial charge in [0.1, 0.15) is 0 Å². The second-order valence-electron chi connectivity index (χ2n) is 5.66. The normalized spacial score (nSPS) is 50.8. The highest BCUT2D eigenvalue weighted by Gasteiger charge is 2.54. The molecule has 4 rings (SSSR count). The second-order valence-corrected chi connectivity index (χ2v) is 5.66. The minimum absolute atomic E-state index is 0. The first-order valence-electron chi connectivity index (χ1n) is 5.61. The van der Waals surface area contributed by atoms with Crippen molar-refractivity contribution in [3.05, 3.63) is 0 Å². The van der Waals surface area contributed by atoms with Gasteiger partial charge in [-0.15, -0.1) is 12.4 Å². The average molecular weight is 236 g/mol. The minimum atomic E-state index is 0. The maximum atomic E-state index is 10.00. The summed E-state index contributed by atoms with van der Waals surface area (Å²) in [5.41, 5.74) is 6.33. The molecule has 0 aromatic heterocycles. The first-order chi connectivity index (χ1) is 6.22. The molecule has 0 aliphatic heterocycles. The lowest BCUT2D eigenvalue weighted by molar-refractivity contribution is -0.130. The molecule has 0 saturated heterocycles. The van der Waals surface area contributed by atoms with Gasteiger partial charge in [-0.25, -0.2) is 0 Å². The van der Waals surface area contributed by atoms with Gasteiger partial charge in [0.15, 0.2) is 0 Å². The Hall–Kier alpha value is 0.170. The van der Waals surface area contributed by atoms with E-state index in [9.17, 15) is 5.11 Å². The Morgan fingerprint density at radius 2 is 1.67 bits per heavy atom. The van der Waals surface area contributed by atoms with E-state index in [2.05, 4.69) is 0 Å². The lowest BCUT2D eigenvalue weighted by Gasteiger charge is -2.58. The Labute approximate surface area is 97.1 Å².